The first-order valence-corrected chi connectivity index (χ1v) is 7.12. The maximum atomic E-state index is 10.5. The van der Waals surface area contributed by atoms with Gasteiger partial charge in [0.2, 0.25) is 0 Å². The van der Waals surface area contributed by atoms with Crippen LogP contribution in [0.5, 0.6) is 0 Å². The molecule has 1 aromatic rings. The van der Waals surface area contributed by atoms with E-state index in [2.05, 4.69) is 17.9 Å². The number of non-ortho nitro benzene ring substituents is 1. The molecule has 1 aliphatic carbocycles. The van der Waals surface area contributed by atoms with Crippen molar-refractivity contribution in [1.82, 2.24) is 0 Å². The quantitative estimate of drug-likeness (QED) is 0.679. The van der Waals surface area contributed by atoms with Crippen molar-refractivity contribution in [2.24, 2.45) is 0 Å². The van der Waals surface area contributed by atoms with Crippen LogP contribution in [0.15, 0.2) is 51.9 Å². The molecule has 0 heterocycles. The lowest BCUT2D eigenvalue weighted by atomic mass is 10.1. The van der Waals surface area contributed by atoms with Crippen LogP contribution in [-0.2, 0) is 0 Å². The molecule has 0 fully saturated rings. The second kappa shape index (κ2) is 7.76. The van der Waals surface area contributed by atoms with Crippen LogP contribution >= 0.6 is 11.8 Å². The average molecular weight is 279 g/mol. The Bertz CT molecular complexity index is 493. The lowest BCUT2D eigenvalue weighted by molar-refractivity contribution is -0.384. The summed E-state index contributed by atoms with van der Waals surface area (Å²) in [6.45, 7) is 4.00. The Balaban J connectivity index is 0.000000861. The number of rotatable bonds is 3. The highest BCUT2D eigenvalue weighted by atomic mass is 32.2. The van der Waals surface area contributed by atoms with Gasteiger partial charge in [-0.2, -0.15) is 0 Å². The van der Waals surface area contributed by atoms with E-state index in [0.717, 1.165) is 28.3 Å². The minimum absolute atomic E-state index is 0.125. The average Bonchev–Trinajstić information content (AvgIpc) is 2.41. The first kappa shape index (κ1) is 15.5. The maximum Gasteiger partial charge on any atom is 0.269 e. The maximum absolute atomic E-state index is 10.5. The molecule has 1 aromatic carbocycles. The van der Waals surface area contributed by atoms with Crippen molar-refractivity contribution >= 4 is 17.4 Å². The van der Waals surface area contributed by atoms with Gasteiger partial charge >= 0.3 is 0 Å². The molecule has 0 aromatic heterocycles. The first-order chi connectivity index (χ1) is 9.15. The van der Waals surface area contributed by atoms with Crippen LogP contribution in [0.1, 0.15) is 26.7 Å². The van der Waals surface area contributed by atoms with Crippen LogP contribution in [0.4, 0.5) is 5.69 Å². The highest BCUT2D eigenvalue weighted by Gasteiger charge is 2.08. The molecule has 0 spiro atoms. The molecular weight excluding hydrogens is 260 g/mol. The Morgan fingerprint density at radius 3 is 2.42 bits per heavy atom. The van der Waals surface area contributed by atoms with E-state index < -0.39 is 0 Å². The van der Waals surface area contributed by atoms with Crippen molar-refractivity contribution in [3.05, 3.63) is 57.1 Å². The minimum Gasteiger partial charge on any atom is -0.329 e. The van der Waals surface area contributed by atoms with Gasteiger partial charge in [0.15, 0.2) is 0 Å². The van der Waals surface area contributed by atoms with Gasteiger partial charge in [0.05, 0.1) is 4.92 Å². The van der Waals surface area contributed by atoms with Gasteiger partial charge in [-0.1, -0.05) is 31.7 Å². The molecule has 1 aliphatic rings. The molecule has 4 nitrogen and oxygen atoms in total. The molecule has 0 saturated heterocycles. The molecule has 0 amide bonds. The third kappa shape index (κ3) is 4.89. The Morgan fingerprint density at radius 1 is 1.26 bits per heavy atom. The fourth-order valence-corrected chi connectivity index (χ4v) is 2.55. The van der Waals surface area contributed by atoms with E-state index in [1.54, 1.807) is 23.9 Å². The Kier molecular flexibility index (Phi) is 6.32. The summed E-state index contributed by atoms with van der Waals surface area (Å²) in [4.78, 5) is 12.3. The van der Waals surface area contributed by atoms with E-state index in [-0.39, 0.29) is 10.6 Å². The van der Waals surface area contributed by atoms with Gasteiger partial charge in [-0.05, 0) is 18.6 Å². The molecule has 102 valence electrons. The highest BCUT2D eigenvalue weighted by Crippen LogP contribution is 2.31. The van der Waals surface area contributed by atoms with E-state index in [9.17, 15) is 10.1 Å². The Labute approximate surface area is 117 Å². The smallest absolute Gasteiger partial charge is 0.269 e. The molecule has 0 radical (unpaired) electrons. The normalized spacial score (nSPS) is 13.8. The second-order valence-corrected chi connectivity index (χ2v) is 4.95. The topological polar surface area (TPSA) is 70.8 Å². The number of hydrogen-bond acceptors (Lipinski definition) is 3. The molecule has 0 aliphatic heterocycles. The third-order valence-corrected chi connectivity index (χ3v) is 3.47. The first-order valence-electron chi connectivity index (χ1n) is 6.30. The van der Waals surface area contributed by atoms with Crippen LogP contribution in [-0.4, -0.2) is 4.92 Å². The molecule has 0 atom stereocenters. The number of nitro benzene ring substituents is 1. The molecule has 5 heteroatoms. The number of benzene rings is 1. The number of allylic oxidation sites excluding steroid dienone is 3. The van der Waals surface area contributed by atoms with Gasteiger partial charge in [0, 0.05) is 34.4 Å². The zero-order valence-corrected chi connectivity index (χ0v) is 12.1. The summed E-state index contributed by atoms with van der Waals surface area (Å²) in [5.41, 5.74) is 5.21. The summed E-state index contributed by atoms with van der Waals surface area (Å²) in [7, 11) is 0. The zero-order chi connectivity index (χ0) is 14.3. The van der Waals surface area contributed by atoms with Gasteiger partial charge in [-0.25, -0.2) is 0 Å². The van der Waals surface area contributed by atoms with Crippen molar-refractivity contribution in [1.29, 1.82) is 0 Å². The van der Waals surface area contributed by atoms with Gasteiger partial charge in [0.25, 0.3) is 5.69 Å². The minimum atomic E-state index is -0.387. The van der Waals surface area contributed by atoms with Crippen molar-refractivity contribution in [2.75, 3.05) is 0 Å². The van der Waals surface area contributed by atoms with Gasteiger partial charge in [-0.3, -0.25) is 10.1 Å². The SMILES string of the molecule is CC.[NH3+]C1=CC(Sc2ccc([N+](=O)[O-])cc2)=CCC1. The highest BCUT2D eigenvalue weighted by molar-refractivity contribution is 8.03. The summed E-state index contributed by atoms with van der Waals surface area (Å²) in [5.74, 6) is 0. The summed E-state index contributed by atoms with van der Waals surface area (Å²) in [6, 6.07) is 6.60. The standard InChI is InChI=1S/C12H12N2O2S.C2H6/c13-9-2-1-3-12(8-9)17-11-6-4-10(5-7-11)14(15)16;1-2/h3-8H,1-2,13H2;1-2H3/p+1. The summed E-state index contributed by atoms with van der Waals surface area (Å²) < 4.78 is 0. The zero-order valence-electron chi connectivity index (χ0n) is 11.3. The van der Waals surface area contributed by atoms with Gasteiger partial charge < -0.3 is 5.73 Å². The van der Waals surface area contributed by atoms with Crippen LogP contribution < -0.4 is 5.73 Å². The van der Waals surface area contributed by atoms with Crippen LogP contribution in [0.3, 0.4) is 0 Å². The van der Waals surface area contributed by atoms with E-state index in [1.165, 1.54) is 12.1 Å². The molecule has 19 heavy (non-hydrogen) atoms. The number of quaternary nitrogens is 1. The van der Waals surface area contributed by atoms with E-state index >= 15 is 0 Å². The third-order valence-electron chi connectivity index (χ3n) is 2.44. The Morgan fingerprint density at radius 2 is 1.89 bits per heavy atom. The number of nitrogens with zero attached hydrogens (tertiary/aromatic N) is 1. The molecular formula is C14H19N2O2S+. The van der Waals surface area contributed by atoms with Crippen molar-refractivity contribution in [2.45, 2.75) is 31.6 Å². The molecule has 0 saturated carbocycles. The van der Waals surface area contributed by atoms with Crippen LogP contribution in [0.25, 0.3) is 0 Å². The van der Waals surface area contributed by atoms with E-state index in [1.807, 2.05) is 13.8 Å². The fraction of sp³-hybridized carbons (Fsp3) is 0.286. The molecule has 0 bridgehead atoms. The summed E-state index contributed by atoms with van der Waals surface area (Å²) >= 11 is 1.61. The van der Waals surface area contributed by atoms with Crippen molar-refractivity contribution in [3.63, 3.8) is 0 Å². The van der Waals surface area contributed by atoms with Crippen molar-refractivity contribution in [3.8, 4) is 0 Å². The molecule has 3 N–H and O–H groups in total. The van der Waals surface area contributed by atoms with Gasteiger partial charge in [0.1, 0.15) is 5.70 Å². The summed E-state index contributed by atoms with van der Waals surface area (Å²) in [5, 5.41) is 10.5. The molecule has 2 rings (SSSR count). The monoisotopic (exact) mass is 279 g/mol. The predicted molar refractivity (Wildman–Crippen MR) is 78.6 cm³/mol. The largest absolute Gasteiger partial charge is 0.329 e. The number of thioether (sulfide) groups is 1. The van der Waals surface area contributed by atoms with E-state index in [0.29, 0.717) is 0 Å². The Hall–Kier alpha value is -1.59. The summed E-state index contributed by atoms with van der Waals surface area (Å²) in [6.07, 6.45) is 6.27. The second-order valence-electron chi connectivity index (χ2n) is 3.80. The van der Waals surface area contributed by atoms with Crippen molar-refractivity contribution < 1.29 is 10.7 Å². The number of nitro groups is 1. The van der Waals surface area contributed by atoms with Gasteiger partial charge in [-0.15, -0.1) is 0 Å². The molecule has 0 unspecified atom stereocenters. The lowest BCUT2D eigenvalue weighted by Gasteiger charge is -2.07. The lowest BCUT2D eigenvalue weighted by Crippen LogP contribution is -2.47. The fourth-order valence-electron chi connectivity index (χ4n) is 1.58. The number of hydrogen-bond donors (Lipinski definition) is 1. The van der Waals surface area contributed by atoms with Crippen LogP contribution in [0, 0.1) is 10.1 Å². The van der Waals surface area contributed by atoms with E-state index in [4.69, 9.17) is 0 Å². The predicted octanol–water partition coefficient (Wildman–Crippen LogP) is 3.52. The van der Waals surface area contributed by atoms with Crippen LogP contribution in [0.2, 0.25) is 0 Å².